The smallest absolute Gasteiger partial charge is 0.320 e. The Morgan fingerprint density at radius 3 is 2.53 bits per heavy atom. The van der Waals surface area contributed by atoms with E-state index in [9.17, 15) is 13.2 Å². The third kappa shape index (κ3) is 2.69. The van der Waals surface area contributed by atoms with Gasteiger partial charge in [-0.2, -0.15) is 4.31 Å². The summed E-state index contributed by atoms with van der Waals surface area (Å²) in [5, 5.41) is 8.55. The number of aliphatic carboxylic acids is 1. The molecule has 0 aromatic heterocycles. The highest BCUT2D eigenvalue weighted by molar-refractivity contribution is 7.89. The van der Waals surface area contributed by atoms with Crippen LogP contribution in [-0.2, 0) is 14.8 Å². The molecule has 1 aliphatic heterocycles. The summed E-state index contributed by atoms with van der Waals surface area (Å²) in [7, 11) is -3.64. The monoisotopic (exact) mass is 235 g/mol. The standard InChI is InChI=1S/C9H17NO4S/c1-3-8-5-4-7(2)10(8)15(13,14)6-9(11)12/h7-8H,3-6H2,1-2H3,(H,11,12). The topological polar surface area (TPSA) is 74.7 Å². The van der Waals surface area contributed by atoms with Gasteiger partial charge < -0.3 is 5.11 Å². The lowest BCUT2D eigenvalue weighted by Crippen LogP contribution is -2.42. The maximum Gasteiger partial charge on any atom is 0.320 e. The largest absolute Gasteiger partial charge is 0.480 e. The average molecular weight is 235 g/mol. The molecule has 1 aliphatic rings. The molecule has 0 aromatic rings. The summed E-state index contributed by atoms with van der Waals surface area (Å²) in [5.41, 5.74) is 0. The first-order chi connectivity index (χ1) is 6.88. The molecule has 0 amide bonds. The van der Waals surface area contributed by atoms with E-state index in [1.54, 1.807) is 0 Å². The molecule has 1 rings (SSSR count). The first kappa shape index (κ1) is 12.4. The average Bonchev–Trinajstić information content (AvgIpc) is 2.44. The van der Waals surface area contributed by atoms with Crippen LogP contribution in [0.25, 0.3) is 0 Å². The Hall–Kier alpha value is -0.620. The molecule has 1 heterocycles. The highest BCUT2D eigenvalue weighted by Gasteiger charge is 2.38. The molecule has 0 saturated carbocycles. The molecular formula is C9H17NO4S. The van der Waals surface area contributed by atoms with Crippen molar-refractivity contribution in [3.05, 3.63) is 0 Å². The van der Waals surface area contributed by atoms with E-state index in [1.807, 2.05) is 13.8 Å². The number of carboxylic acid groups (broad SMARTS) is 1. The van der Waals surface area contributed by atoms with Gasteiger partial charge in [0.15, 0.2) is 5.75 Å². The Kier molecular flexibility index (Phi) is 3.72. The van der Waals surface area contributed by atoms with Gasteiger partial charge in [-0.3, -0.25) is 4.79 Å². The first-order valence-corrected chi connectivity index (χ1v) is 6.72. The lowest BCUT2D eigenvalue weighted by molar-refractivity contribution is -0.134. The molecular weight excluding hydrogens is 218 g/mol. The number of sulfonamides is 1. The van der Waals surface area contributed by atoms with Crippen molar-refractivity contribution in [1.29, 1.82) is 0 Å². The molecule has 0 bridgehead atoms. The summed E-state index contributed by atoms with van der Waals surface area (Å²) in [4.78, 5) is 10.5. The van der Waals surface area contributed by atoms with Crippen molar-refractivity contribution in [3.63, 3.8) is 0 Å². The van der Waals surface area contributed by atoms with Gasteiger partial charge in [0.25, 0.3) is 0 Å². The maximum absolute atomic E-state index is 11.8. The van der Waals surface area contributed by atoms with E-state index in [1.165, 1.54) is 4.31 Å². The number of carboxylic acids is 1. The first-order valence-electron chi connectivity index (χ1n) is 5.11. The molecule has 0 aromatic carbocycles. The van der Waals surface area contributed by atoms with E-state index >= 15 is 0 Å². The van der Waals surface area contributed by atoms with Crippen molar-refractivity contribution < 1.29 is 18.3 Å². The van der Waals surface area contributed by atoms with Crippen LogP contribution in [0.2, 0.25) is 0 Å². The fourth-order valence-electron chi connectivity index (χ4n) is 2.16. The summed E-state index contributed by atoms with van der Waals surface area (Å²) in [6, 6.07) is -0.0938. The number of hydrogen-bond acceptors (Lipinski definition) is 3. The van der Waals surface area contributed by atoms with E-state index in [0.717, 1.165) is 19.3 Å². The van der Waals surface area contributed by atoms with Crippen molar-refractivity contribution in [2.75, 3.05) is 5.75 Å². The van der Waals surface area contributed by atoms with Crippen molar-refractivity contribution in [1.82, 2.24) is 4.31 Å². The van der Waals surface area contributed by atoms with Crippen molar-refractivity contribution in [3.8, 4) is 0 Å². The second kappa shape index (κ2) is 4.49. The lowest BCUT2D eigenvalue weighted by atomic mass is 10.2. The molecule has 15 heavy (non-hydrogen) atoms. The van der Waals surface area contributed by atoms with Crippen LogP contribution >= 0.6 is 0 Å². The van der Waals surface area contributed by atoms with E-state index in [2.05, 4.69) is 0 Å². The van der Waals surface area contributed by atoms with Crippen molar-refractivity contribution in [2.24, 2.45) is 0 Å². The molecule has 88 valence electrons. The molecule has 0 radical (unpaired) electrons. The number of hydrogen-bond donors (Lipinski definition) is 1. The maximum atomic E-state index is 11.8. The number of rotatable bonds is 4. The van der Waals surface area contributed by atoms with E-state index < -0.39 is 21.7 Å². The Labute approximate surface area is 90.1 Å². The normalized spacial score (nSPS) is 28.1. The Morgan fingerprint density at radius 1 is 1.47 bits per heavy atom. The summed E-state index contributed by atoms with van der Waals surface area (Å²) >= 11 is 0. The Morgan fingerprint density at radius 2 is 2.07 bits per heavy atom. The molecule has 2 unspecified atom stereocenters. The predicted octanol–water partition coefficient (Wildman–Crippen LogP) is 0.664. The zero-order chi connectivity index (χ0) is 11.6. The number of carbonyl (C=O) groups is 1. The molecule has 1 saturated heterocycles. The quantitative estimate of drug-likeness (QED) is 0.777. The minimum Gasteiger partial charge on any atom is -0.480 e. The fraction of sp³-hybridized carbons (Fsp3) is 0.889. The molecule has 2 atom stereocenters. The van der Waals surface area contributed by atoms with Gasteiger partial charge >= 0.3 is 5.97 Å². The summed E-state index contributed by atoms with van der Waals surface area (Å²) < 4.78 is 24.9. The summed E-state index contributed by atoms with van der Waals surface area (Å²) in [6.45, 7) is 3.75. The van der Waals surface area contributed by atoms with Crippen LogP contribution in [0.1, 0.15) is 33.1 Å². The van der Waals surface area contributed by atoms with Crippen LogP contribution in [0.5, 0.6) is 0 Å². The van der Waals surface area contributed by atoms with Crippen LogP contribution < -0.4 is 0 Å². The van der Waals surface area contributed by atoms with Crippen molar-refractivity contribution in [2.45, 2.75) is 45.2 Å². The third-order valence-corrected chi connectivity index (χ3v) is 4.72. The minimum atomic E-state index is -3.64. The zero-order valence-corrected chi connectivity index (χ0v) is 9.83. The van der Waals surface area contributed by atoms with Gasteiger partial charge in [-0.15, -0.1) is 0 Å². The van der Waals surface area contributed by atoms with Gasteiger partial charge in [-0.1, -0.05) is 6.92 Å². The Bertz CT molecular complexity index is 338. The van der Waals surface area contributed by atoms with Gasteiger partial charge in [0.05, 0.1) is 0 Å². The molecule has 6 heteroatoms. The fourth-order valence-corrected chi connectivity index (χ4v) is 3.99. The van der Waals surface area contributed by atoms with Gasteiger partial charge in [-0.25, -0.2) is 8.42 Å². The SMILES string of the molecule is CCC1CCC(C)N1S(=O)(=O)CC(=O)O. The van der Waals surface area contributed by atoms with Gasteiger partial charge in [0, 0.05) is 12.1 Å². The minimum absolute atomic E-state index is 0.0238. The molecule has 0 aliphatic carbocycles. The van der Waals surface area contributed by atoms with Crippen LogP contribution in [0.3, 0.4) is 0 Å². The molecule has 5 nitrogen and oxygen atoms in total. The molecule has 1 N–H and O–H groups in total. The molecule has 0 spiro atoms. The zero-order valence-electron chi connectivity index (χ0n) is 9.01. The van der Waals surface area contributed by atoms with E-state index in [0.29, 0.717) is 0 Å². The van der Waals surface area contributed by atoms with Gasteiger partial charge in [0.1, 0.15) is 0 Å². The molecule has 1 fully saturated rings. The van der Waals surface area contributed by atoms with Crippen LogP contribution in [0.15, 0.2) is 0 Å². The predicted molar refractivity (Wildman–Crippen MR) is 56.0 cm³/mol. The van der Waals surface area contributed by atoms with E-state index in [-0.39, 0.29) is 12.1 Å². The second-order valence-corrected chi connectivity index (χ2v) is 5.84. The van der Waals surface area contributed by atoms with Crippen LogP contribution in [-0.4, -0.2) is 41.6 Å². The highest BCUT2D eigenvalue weighted by atomic mass is 32.2. The summed E-state index contributed by atoms with van der Waals surface area (Å²) in [5.74, 6) is -2.09. The van der Waals surface area contributed by atoms with Crippen LogP contribution in [0.4, 0.5) is 0 Å². The lowest BCUT2D eigenvalue weighted by Gasteiger charge is -2.26. The number of nitrogens with zero attached hydrogens (tertiary/aromatic N) is 1. The van der Waals surface area contributed by atoms with Gasteiger partial charge in [0.2, 0.25) is 10.0 Å². The summed E-state index contributed by atoms with van der Waals surface area (Å²) in [6.07, 6.45) is 2.39. The third-order valence-electron chi connectivity index (χ3n) is 2.81. The second-order valence-electron chi connectivity index (χ2n) is 3.97. The van der Waals surface area contributed by atoms with E-state index in [4.69, 9.17) is 5.11 Å². The van der Waals surface area contributed by atoms with Gasteiger partial charge in [-0.05, 0) is 26.2 Å². The Balaban J connectivity index is 2.89. The highest BCUT2D eigenvalue weighted by Crippen LogP contribution is 2.29. The van der Waals surface area contributed by atoms with Crippen LogP contribution in [0, 0.1) is 0 Å². The van der Waals surface area contributed by atoms with Crippen molar-refractivity contribution >= 4 is 16.0 Å².